The molecule has 4 nitrogen and oxygen atoms in total. The number of ether oxygens (including phenoxy) is 4. The van der Waals surface area contributed by atoms with Crippen molar-refractivity contribution in [2.24, 2.45) is 5.92 Å². The van der Waals surface area contributed by atoms with Gasteiger partial charge in [-0.3, -0.25) is 0 Å². The third kappa shape index (κ3) is 3.37. The van der Waals surface area contributed by atoms with Crippen LogP contribution < -0.4 is 0 Å². The molecule has 4 fully saturated rings. The first-order chi connectivity index (χ1) is 12.3. The van der Waals surface area contributed by atoms with Gasteiger partial charge in [-0.15, -0.1) is 0 Å². The van der Waals surface area contributed by atoms with E-state index in [2.05, 4.69) is 31.2 Å². The van der Waals surface area contributed by atoms with Crippen LogP contribution in [-0.4, -0.2) is 44.2 Å². The summed E-state index contributed by atoms with van der Waals surface area (Å²) in [5.74, 6) is 1.11. The highest BCUT2D eigenvalue weighted by Crippen LogP contribution is 2.53. The number of benzene rings is 1. The third-order valence-corrected chi connectivity index (χ3v) is 6.20. The van der Waals surface area contributed by atoms with Crippen molar-refractivity contribution in [1.82, 2.24) is 0 Å². The van der Waals surface area contributed by atoms with E-state index in [1.807, 2.05) is 0 Å². The molecule has 3 saturated heterocycles. The average molecular weight is 344 g/mol. The molecule has 5 rings (SSSR count). The second-order valence-corrected chi connectivity index (χ2v) is 7.97. The Hall–Kier alpha value is -0.940. The summed E-state index contributed by atoms with van der Waals surface area (Å²) in [7, 11) is 0. The highest BCUT2D eigenvalue weighted by molar-refractivity contribution is 5.32. The molecule has 1 aromatic carbocycles. The van der Waals surface area contributed by atoms with Crippen LogP contribution in [0.2, 0.25) is 0 Å². The lowest BCUT2D eigenvalue weighted by atomic mass is 9.77. The van der Waals surface area contributed by atoms with Gasteiger partial charge in [0.25, 0.3) is 0 Å². The van der Waals surface area contributed by atoms with Crippen LogP contribution in [0.1, 0.15) is 55.8 Å². The fourth-order valence-corrected chi connectivity index (χ4v) is 4.56. The quantitative estimate of drug-likeness (QED) is 0.534. The van der Waals surface area contributed by atoms with Gasteiger partial charge in [0.1, 0.15) is 12.2 Å². The summed E-state index contributed by atoms with van der Waals surface area (Å²) in [5, 5.41) is 0. The first-order valence-corrected chi connectivity index (χ1v) is 9.95. The third-order valence-electron chi connectivity index (χ3n) is 6.20. The minimum Gasteiger partial charge on any atom is -0.379 e. The van der Waals surface area contributed by atoms with E-state index in [4.69, 9.17) is 18.9 Å². The summed E-state index contributed by atoms with van der Waals surface area (Å²) in [6.07, 6.45) is 6.51. The van der Waals surface area contributed by atoms with E-state index in [9.17, 15) is 0 Å². The molecular weight excluding hydrogens is 316 g/mol. The number of epoxide rings is 3. The zero-order chi connectivity index (χ0) is 16.8. The van der Waals surface area contributed by atoms with Crippen LogP contribution in [0.4, 0.5) is 0 Å². The van der Waals surface area contributed by atoms with Crippen molar-refractivity contribution in [1.29, 1.82) is 0 Å². The standard InChI is InChI=1S/C21H28O4/c1-2-3-9-22-11-18-19(24-18)16-8-7-15(20-21(16)25-20)13-5-4-6-14(10-13)17-12-23-17/h4-6,10,15-21H,2-3,7-9,11-12H2,1H3. The van der Waals surface area contributed by atoms with Crippen LogP contribution in [0, 0.1) is 5.92 Å². The lowest BCUT2D eigenvalue weighted by Crippen LogP contribution is -2.28. The van der Waals surface area contributed by atoms with Gasteiger partial charge in [0.05, 0.1) is 31.5 Å². The highest BCUT2D eigenvalue weighted by atomic mass is 16.6. The maximum Gasteiger partial charge on any atom is 0.108 e. The van der Waals surface area contributed by atoms with Gasteiger partial charge in [-0.25, -0.2) is 0 Å². The van der Waals surface area contributed by atoms with Crippen LogP contribution in [0.25, 0.3) is 0 Å². The molecule has 3 heterocycles. The summed E-state index contributed by atoms with van der Waals surface area (Å²) in [6.45, 7) is 4.68. The maximum absolute atomic E-state index is 6.11. The van der Waals surface area contributed by atoms with Gasteiger partial charge < -0.3 is 18.9 Å². The molecule has 136 valence electrons. The topological polar surface area (TPSA) is 46.8 Å². The van der Waals surface area contributed by atoms with E-state index in [-0.39, 0.29) is 0 Å². The van der Waals surface area contributed by atoms with E-state index in [0.29, 0.717) is 42.4 Å². The molecule has 0 radical (unpaired) electrons. The molecule has 7 atom stereocenters. The molecule has 0 amide bonds. The van der Waals surface area contributed by atoms with Crippen LogP contribution in [-0.2, 0) is 18.9 Å². The van der Waals surface area contributed by atoms with E-state index in [1.165, 1.54) is 30.4 Å². The number of rotatable bonds is 8. The van der Waals surface area contributed by atoms with Crippen molar-refractivity contribution < 1.29 is 18.9 Å². The van der Waals surface area contributed by atoms with Crippen molar-refractivity contribution in [3.05, 3.63) is 35.4 Å². The summed E-state index contributed by atoms with van der Waals surface area (Å²) >= 11 is 0. The Morgan fingerprint density at radius 1 is 1.08 bits per heavy atom. The Kier molecular flexibility index (Phi) is 4.33. The van der Waals surface area contributed by atoms with Crippen LogP contribution in [0.15, 0.2) is 24.3 Å². The summed E-state index contributed by atoms with van der Waals surface area (Å²) in [4.78, 5) is 0. The van der Waals surface area contributed by atoms with E-state index in [1.54, 1.807) is 0 Å². The predicted molar refractivity (Wildman–Crippen MR) is 93.6 cm³/mol. The molecular formula is C21H28O4. The minimum atomic E-state index is 0.304. The van der Waals surface area contributed by atoms with E-state index in [0.717, 1.165) is 26.2 Å². The number of hydrogen-bond donors (Lipinski definition) is 0. The van der Waals surface area contributed by atoms with Crippen molar-refractivity contribution in [3.8, 4) is 0 Å². The van der Waals surface area contributed by atoms with Gasteiger partial charge >= 0.3 is 0 Å². The zero-order valence-electron chi connectivity index (χ0n) is 14.9. The molecule has 4 aliphatic rings. The van der Waals surface area contributed by atoms with Gasteiger partial charge in [-0.05, 0) is 30.4 Å². The first kappa shape index (κ1) is 16.2. The second-order valence-electron chi connectivity index (χ2n) is 7.97. The Balaban J connectivity index is 1.15. The monoisotopic (exact) mass is 344 g/mol. The molecule has 1 saturated carbocycles. The van der Waals surface area contributed by atoms with Gasteiger partial charge in [0.15, 0.2) is 0 Å². The second kappa shape index (κ2) is 6.66. The van der Waals surface area contributed by atoms with Crippen LogP contribution >= 0.6 is 0 Å². The summed E-state index contributed by atoms with van der Waals surface area (Å²) in [5.41, 5.74) is 2.75. The molecule has 1 aromatic rings. The smallest absolute Gasteiger partial charge is 0.108 e. The van der Waals surface area contributed by atoms with Crippen LogP contribution in [0.3, 0.4) is 0 Å². The lowest BCUT2D eigenvalue weighted by Gasteiger charge is -2.24. The van der Waals surface area contributed by atoms with Crippen LogP contribution in [0.5, 0.6) is 0 Å². The minimum absolute atomic E-state index is 0.304. The Bertz CT molecular complexity index is 614. The Morgan fingerprint density at radius 2 is 1.96 bits per heavy atom. The largest absolute Gasteiger partial charge is 0.379 e. The molecule has 7 unspecified atom stereocenters. The predicted octanol–water partition coefficient (Wildman–Crippen LogP) is 3.60. The van der Waals surface area contributed by atoms with Crippen molar-refractivity contribution >= 4 is 0 Å². The fraction of sp³-hybridized carbons (Fsp3) is 0.714. The number of unbranched alkanes of at least 4 members (excludes halogenated alkanes) is 1. The van der Waals surface area contributed by atoms with E-state index < -0.39 is 0 Å². The fourth-order valence-electron chi connectivity index (χ4n) is 4.56. The molecule has 1 aliphatic carbocycles. The first-order valence-electron chi connectivity index (χ1n) is 9.95. The number of fused-ring (bicyclic) bond motifs is 1. The Morgan fingerprint density at radius 3 is 2.80 bits per heavy atom. The van der Waals surface area contributed by atoms with Gasteiger partial charge in [0.2, 0.25) is 0 Å². The molecule has 4 heteroatoms. The molecule has 0 spiro atoms. The van der Waals surface area contributed by atoms with Gasteiger partial charge in [0, 0.05) is 18.4 Å². The van der Waals surface area contributed by atoms with Crippen molar-refractivity contribution in [3.63, 3.8) is 0 Å². The summed E-state index contributed by atoms with van der Waals surface area (Å²) in [6, 6.07) is 8.94. The van der Waals surface area contributed by atoms with Gasteiger partial charge in [-0.1, -0.05) is 37.6 Å². The normalized spacial score (nSPS) is 41.2. The number of hydrogen-bond acceptors (Lipinski definition) is 4. The Labute approximate surface area is 149 Å². The molecule has 3 aliphatic heterocycles. The lowest BCUT2D eigenvalue weighted by molar-refractivity contribution is 0.114. The van der Waals surface area contributed by atoms with E-state index >= 15 is 0 Å². The molecule has 0 bridgehead atoms. The van der Waals surface area contributed by atoms with Crippen molar-refractivity contribution in [2.45, 2.75) is 69.0 Å². The highest BCUT2D eigenvalue weighted by Gasteiger charge is 2.60. The average Bonchev–Trinajstić information content (AvgIpc) is 3.50. The summed E-state index contributed by atoms with van der Waals surface area (Å²) < 4.78 is 23.2. The van der Waals surface area contributed by atoms with Gasteiger partial charge in [-0.2, -0.15) is 0 Å². The maximum atomic E-state index is 6.11. The zero-order valence-corrected chi connectivity index (χ0v) is 14.9. The molecule has 25 heavy (non-hydrogen) atoms. The molecule has 0 N–H and O–H groups in total. The van der Waals surface area contributed by atoms with Crippen molar-refractivity contribution in [2.75, 3.05) is 19.8 Å². The SMILES string of the molecule is CCCCOCC1OC1C1CCC(c2cccc(C3CO3)c2)C2OC12. The molecule has 0 aromatic heterocycles.